The maximum absolute atomic E-state index is 14.0. The molecule has 0 aliphatic carbocycles. The molecule has 6 heteroatoms. The van der Waals surface area contributed by atoms with Gasteiger partial charge in [0.15, 0.2) is 0 Å². The molecule has 1 aliphatic heterocycles. The number of aryl methyl sites for hydroxylation is 1. The molecule has 1 N–H and O–H groups in total. The number of piperazine rings is 1. The lowest BCUT2D eigenvalue weighted by molar-refractivity contribution is 0.249. The van der Waals surface area contributed by atoms with Crippen molar-refractivity contribution in [2.45, 2.75) is 19.9 Å². The number of rotatable bonds is 4. The molecule has 1 saturated heterocycles. The highest BCUT2D eigenvalue weighted by atomic mass is 19.1. The molecule has 0 atom stereocenters. The van der Waals surface area contributed by atoms with E-state index in [1.165, 1.54) is 12.1 Å². The molecule has 1 aromatic heterocycles. The van der Waals surface area contributed by atoms with Crippen LogP contribution in [0.3, 0.4) is 0 Å². The third-order valence-electron chi connectivity index (χ3n) is 5.40. The molecule has 0 spiro atoms. The summed E-state index contributed by atoms with van der Waals surface area (Å²) in [6.45, 7) is 5.70. The molecule has 4 rings (SSSR count). The first-order valence-corrected chi connectivity index (χ1v) is 9.60. The van der Waals surface area contributed by atoms with E-state index in [1.807, 2.05) is 30.0 Å². The van der Waals surface area contributed by atoms with Gasteiger partial charge >= 0.3 is 0 Å². The van der Waals surface area contributed by atoms with Crippen molar-refractivity contribution in [2.24, 2.45) is 0 Å². The van der Waals surface area contributed by atoms with Crippen molar-refractivity contribution in [3.63, 3.8) is 0 Å². The summed E-state index contributed by atoms with van der Waals surface area (Å²) in [5.74, 6) is -1.07. The average molecular weight is 383 g/mol. The summed E-state index contributed by atoms with van der Waals surface area (Å²) in [7, 11) is 0. The largest absolute Gasteiger partial charge is 0.367 e. The Morgan fingerprint density at radius 2 is 1.79 bits per heavy atom. The molecule has 0 amide bonds. The molecule has 2 heterocycles. The lowest BCUT2D eigenvalue weighted by atomic mass is 10.1. The number of aromatic nitrogens is 1. The van der Waals surface area contributed by atoms with E-state index < -0.39 is 11.6 Å². The van der Waals surface area contributed by atoms with Crippen molar-refractivity contribution >= 4 is 16.6 Å². The van der Waals surface area contributed by atoms with Crippen LogP contribution in [0, 0.1) is 11.6 Å². The minimum Gasteiger partial charge on any atom is -0.367 e. The van der Waals surface area contributed by atoms with E-state index in [4.69, 9.17) is 0 Å². The molecule has 146 valence electrons. The second kappa shape index (κ2) is 7.72. The van der Waals surface area contributed by atoms with Crippen LogP contribution >= 0.6 is 0 Å². The number of nitrogens with zero attached hydrogens (tertiary/aromatic N) is 2. The van der Waals surface area contributed by atoms with Gasteiger partial charge in [0.1, 0.15) is 11.6 Å². The number of nitrogens with one attached hydrogen (secondary N) is 1. The molecular formula is C22H23F2N3O. The standard InChI is InChI=1S/C22H23F2N3O/c1-2-16-12-17-4-3-15(11-20(17)25-22(16)28)14-26-7-9-27(10-8-26)21-6-5-18(23)13-19(21)24/h3-6,11-13H,2,7-10,14H2,1H3,(H,25,28). The van der Waals surface area contributed by atoms with E-state index in [2.05, 4.69) is 16.0 Å². The second-order valence-corrected chi connectivity index (χ2v) is 7.26. The van der Waals surface area contributed by atoms with E-state index in [0.717, 1.165) is 47.7 Å². The van der Waals surface area contributed by atoms with Crippen molar-refractivity contribution in [1.82, 2.24) is 9.88 Å². The topological polar surface area (TPSA) is 39.3 Å². The Hall–Kier alpha value is -2.73. The number of pyridine rings is 1. The zero-order valence-electron chi connectivity index (χ0n) is 15.8. The molecule has 28 heavy (non-hydrogen) atoms. The van der Waals surface area contributed by atoms with Crippen LogP contribution in [0.1, 0.15) is 18.1 Å². The normalized spacial score (nSPS) is 15.3. The average Bonchev–Trinajstić information content (AvgIpc) is 2.68. The predicted molar refractivity (Wildman–Crippen MR) is 108 cm³/mol. The summed E-state index contributed by atoms with van der Waals surface area (Å²) in [6, 6.07) is 11.9. The molecular weight excluding hydrogens is 360 g/mol. The third kappa shape index (κ3) is 3.78. The van der Waals surface area contributed by atoms with Gasteiger partial charge in [-0.1, -0.05) is 19.1 Å². The van der Waals surface area contributed by atoms with E-state index in [-0.39, 0.29) is 5.56 Å². The zero-order chi connectivity index (χ0) is 19.7. The summed E-state index contributed by atoms with van der Waals surface area (Å²) in [5.41, 5.74) is 3.21. The smallest absolute Gasteiger partial charge is 0.251 e. The highest BCUT2D eigenvalue weighted by molar-refractivity contribution is 5.79. The number of aromatic amines is 1. The van der Waals surface area contributed by atoms with Crippen LogP contribution in [0.4, 0.5) is 14.5 Å². The maximum atomic E-state index is 14.0. The predicted octanol–water partition coefficient (Wildman–Crippen LogP) is 3.69. The molecule has 1 fully saturated rings. The van der Waals surface area contributed by atoms with Crippen molar-refractivity contribution in [2.75, 3.05) is 31.1 Å². The van der Waals surface area contributed by atoms with Gasteiger partial charge in [0.25, 0.3) is 5.56 Å². The third-order valence-corrected chi connectivity index (χ3v) is 5.40. The Labute approximate surface area is 162 Å². The molecule has 4 nitrogen and oxygen atoms in total. The van der Waals surface area contributed by atoms with Crippen LogP contribution in [0.2, 0.25) is 0 Å². The second-order valence-electron chi connectivity index (χ2n) is 7.26. The summed E-state index contributed by atoms with van der Waals surface area (Å²) < 4.78 is 27.1. The summed E-state index contributed by atoms with van der Waals surface area (Å²) >= 11 is 0. The van der Waals surface area contributed by atoms with Crippen LogP contribution in [0.5, 0.6) is 0 Å². The molecule has 1 aliphatic rings. The minimum absolute atomic E-state index is 0.0258. The van der Waals surface area contributed by atoms with E-state index in [0.29, 0.717) is 25.2 Å². The van der Waals surface area contributed by atoms with Gasteiger partial charge in [-0.05, 0) is 41.6 Å². The van der Waals surface area contributed by atoms with Gasteiger partial charge in [-0.2, -0.15) is 0 Å². The Balaban J connectivity index is 1.44. The number of hydrogen-bond acceptors (Lipinski definition) is 3. The lowest BCUT2D eigenvalue weighted by Crippen LogP contribution is -2.46. The number of anilines is 1. The van der Waals surface area contributed by atoms with Crippen LogP contribution < -0.4 is 10.5 Å². The van der Waals surface area contributed by atoms with Crippen molar-refractivity contribution in [3.8, 4) is 0 Å². The van der Waals surface area contributed by atoms with Gasteiger partial charge in [0.2, 0.25) is 0 Å². The molecule has 0 radical (unpaired) electrons. The fraction of sp³-hybridized carbons (Fsp3) is 0.318. The Morgan fingerprint density at radius 3 is 2.50 bits per heavy atom. The Kier molecular flexibility index (Phi) is 5.13. The molecule has 0 unspecified atom stereocenters. The SMILES string of the molecule is CCc1cc2ccc(CN3CCN(c4ccc(F)cc4F)CC3)cc2[nH]c1=O. The quantitative estimate of drug-likeness (QED) is 0.747. The number of benzene rings is 2. The zero-order valence-corrected chi connectivity index (χ0v) is 15.8. The van der Waals surface area contributed by atoms with E-state index in [9.17, 15) is 13.6 Å². The van der Waals surface area contributed by atoms with Gasteiger partial charge < -0.3 is 9.88 Å². The van der Waals surface area contributed by atoms with Gasteiger partial charge in [0.05, 0.1) is 5.69 Å². The fourth-order valence-electron chi connectivity index (χ4n) is 3.80. The molecule has 3 aromatic rings. The first-order valence-electron chi connectivity index (χ1n) is 9.60. The summed E-state index contributed by atoms with van der Waals surface area (Å²) in [6.07, 6.45) is 0.714. The highest BCUT2D eigenvalue weighted by Gasteiger charge is 2.20. The fourth-order valence-corrected chi connectivity index (χ4v) is 3.80. The lowest BCUT2D eigenvalue weighted by Gasteiger charge is -2.36. The van der Waals surface area contributed by atoms with E-state index in [1.54, 1.807) is 0 Å². The van der Waals surface area contributed by atoms with Crippen molar-refractivity contribution in [3.05, 3.63) is 75.6 Å². The monoisotopic (exact) mass is 383 g/mol. The molecule has 0 saturated carbocycles. The van der Waals surface area contributed by atoms with Crippen LogP contribution in [-0.4, -0.2) is 36.1 Å². The molecule has 2 aromatic carbocycles. The first kappa shape index (κ1) is 18.6. The number of halogens is 2. The van der Waals surface area contributed by atoms with Crippen LogP contribution in [-0.2, 0) is 13.0 Å². The Bertz CT molecular complexity index is 1060. The number of hydrogen-bond donors (Lipinski definition) is 1. The summed E-state index contributed by atoms with van der Waals surface area (Å²) in [4.78, 5) is 19.3. The van der Waals surface area contributed by atoms with Gasteiger partial charge in [-0.25, -0.2) is 8.78 Å². The van der Waals surface area contributed by atoms with Gasteiger partial charge in [0, 0.05) is 49.9 Å². The van der Waals surface area contributed by atoms with Crippen LogP contribution in [0.15, 0.2) is 47.3 Å². The maximum Gasteiger partial charge on any atom is 0.251 e. The number of fused-ring (bicyclic) bond motifs is 1. The minimum atomic E-state index is -0.555. The van der Waals surface area contributed by atoms with E-state index >= 15 is 0 Å². The highest BCUT2D eigenvalue weighted by Crippen LogP contribution is 2.22. The molecule has 0 bridgehead atoms. The van der Waals surface area contributed by atoms with Gasteiger partial charge in [-0.15, -0.1) is 0 Å². The Morgan fingerprint density at radius 1 is 1.00 bits per heavy atom. The van der Waals surface area contributed by atoms with Crippen molar-refractivity contribution < 1.29 is 8.78 Å². The first-order chi connectivity index (χ1) is 13.5. The number of H-pyrrole nitrogens is 1. The van der Waals surface area contributed by atoms with Gasteiger partial charge in [-0.3, -0.25) is 9.69 Å². The van der Waals surface area contributed by atoms with Crippen molar-refractivity contribution in [1.29, 1.82) is 0 Å². The summed E-state index contributed by atoms with van der Waals surface area (Å²) in [5, 5.41) is 1.04. The van der Waals surface area contributed by atoms with Crippen LogP contribution in [0.25, 0.3) is 10.9 Å².